The van der Waals surface area contributed by atoms with Gasteiger partial charge in [0.05, 0.1) is 12.7 Å². The van der Waals surface area contributed by atoms with Crippen LogP contribution in [0.1, 0.15) is 37.7 Å². The molecule has 23 heavy (non-hydrogen) atoms. The molecule has 0 radical (unpaired) electrons. The molecule has 1 aromatic carbocycles. The summed E-state index contributed by atoms with van der Waals surface area (Å²) in [6.07, 6.45) is 10.0. The van der Waals surface area contributed by atoms with E-state index in [9.17, 15) is 4.79 Å². The van der Waals surface area contributed by atoms with Crippen molar-refractivity contribution in [1.82, 2.24) is 9.78 Å². The average Bonchev–Trinajstić information content (AvgIpc) is 3.07. The number of nitrogens with zero attached hydrogens (tertiary/aromatic N) is 2. The van der Waals surface area contributed by atoms with Crippen molar-refractivity contribution in [1.29, 1.82) is 0 Å². The third-order valence-corrected chi connectivity index (χ3v) is 4.11. The van der Waals surface area contributed by atoms with Gasteiger partial charge in [0.25, 0.3) is 0 Å². The lowest BCUT2D eigenvalue weighted by Crippen LogP contribution is -2.19. The zero-order valence-corrected chi connectivity index (χ0v) is 13.3. The van der Waals surface area contributed by atoms with E-state index in [0.717, 1.165) is 11.3 Å². The predicted octanol–water partition coefficient (Wildman–Crippen LogP) is 3.37. The Balaban J connectivity index is 1.51. The third kappa shape index (κ3) is 4.93. The summed E-state index contributed by atoms with van der Waals surface area (Å²) in [4.78, 5) is 12.0. The highest BCUT2D eigenvalue weighted by molar-refractivity contribution is 5.90. The fourth-order valence-corrected chi connectivity index (χ4v) is 2.93. The SMILES string of the molecule is O=C(Cn1cccn1)Nc1cccc(COC2CCCCC2)c1. The van der Waals surface area contributed by atoms with Crippen LogP contribution in [-0.2, 0) is 22.7 Å². The van der Waals surface area contributed by atoms with Gasteiger partial charge in [-0.25, -0.2) is 0 Å². The molecular formula is C18H23N3O2. The van der Waals surface area contributed by atoms with Crippen molar-refractivity contribution in [2.24, 2.45) is 0 Å². The van der Waals surface area contributed by atoms with Gasteiger partial charge in [0.2, 0.25) is 5.91 Å². The zero-order valence-electron chi connectivity index (χ0n) is 13.3. The van der Waals surface area contributed by atoms with Crippen molar-refractivity contribution in [3.8, 4) is 0 Å². The lowest BCUT2D eigenvalue weighted by Gasteiger charge is -2.22. The van der Waals surface area contributed by atoms with E-state index >= 15 is 0 Å². The number of aromatic nitrogens is 2. The van der Waals surface area contributed by atoms with Crippen LogP contribution in [0.4, 0.5) is 5.69 Å². The Morgan fingerprint density at radius 3 is 2.91 bits per heavy atom. The number of rotatable bonds is 6. The van der Waals surface area contributed by atoms with Gasteiger partial charge in [-0.3, -0.25) is 9.48 Å². The summed E-state index contributed by atoms with van der Waals surface area (Å²) in [5.74, 6) is -0.0842. The zero-order chi connectivity index (χ0) is 15.9. The van der Waals surface area contributed by atoms with Crippen molar-refractivity contribution >= 4 is 11.6 Å². The van der Waals surface area contributed by atoms with Gasteiger partial charge in [-0.2, -0.15) is 5.10 Å². The second kappa shape index (κ2) is 7.92. The summed E-state index contributed by atoms with van der Waals surface area (Å²) in [6, 6.07) is 9.65. The Kier molecular flexibility index (Phi) is 5.42. The van der Waals surface area contributed by atoms with Crippen LogP contribution in [-0.4, -0.2) is 21.8 Å². The Morgan fingerprint density at radius 2 is 2.13 bits per heavy atom. The highest BCUT2D eigenvalue weighted by Crippen LogP contribution is 2.22. The molecule has 122 valence electrons. The molecule has 1 N–H and O–H groups in total. The van der Waals surface area contributed by atoms with E-state index in [0.29, 0.717) is 12.7 Å². The van der Waals surface area contributed by atoms with Crippen molar-refractivity contribution in [3.05, 3.63) is 48.3 Å². The molecular weight excluding hydrogens is 290 g/mol. The Labute approximate surface area is 136 Å². The molecule has 1 aliphatic rings. The number of nitrogens with one attached hydrogen (secondary N) is 1. The molecule has 5 heteroatoms. The first-order valence-corrected chi connectivity index (χ1v) is 8.27. The van der Waals surface area contributed by atoms with Gasteiger partial charge in [-0.1, -0.05) is 31.4 Å². The largest absolute Gasteiger partial charge is 0.374 e. The molecule has 1 amide bonds. The standard InChI is InChI=1S/C18H23N3O2/c22-18(13-21-11-5-10-19-21)20-16-7-4-6-15(12-16)14-23-17-8-2-1-3-9-17/h4-7,10-12,17H,1-3,8-9,13-14H2,(H,20,22). The fourth-order valence-electron chi connectivity index (χ4n) is 2.93. The van der Waals surface area contributed by atoms with Crippen LogP contribution in [0.15, 0.2) is 42.7 Å². The number of anilines is 1. The number of ether oxygens (including phenoxy) is 1. The van der Waals surface area contributed by atoms with Crippen LogP contribution in [0, 0.1) is 0 Å². The lowest BCUT2D eigenvalue weighted by atomic mass is 9.98. The molecule has 1 aromatic heterocycles. The lowest BCUT2D eigenvalue weighted by molar-refractivity contribution is -0.116. The highest BCUT2D eigenvalue weighted by Gasteiger charge is 2.13. The van der Waals surface area contributed by atoms with Crippen LogP contribution in [0.2, 0.25) is 0 Å². The molecule has 5 nitrogen and oxygen atoms in total. The smallest absolute Gasteiger partial charge is 0.246 e. The van der Waals surface area contributed by atoms with Gasteiger partial charge in [-0.15, -0.1) is 0 Å². The first kappa shape index (κ1) is 15.7. The minimum absolute atomic E-state index is 0.0842. The van der Waals surface area contributed by atoms with Crippen molar-refractivity contribution in [3.63, 3.8) is 0 Å². The summed E-state index contributed by atoms with van der Waals surface area (Å²) in [5.41, 5.74) is 1.89. The van der Waals surface area contributed by atoms with Gasteiger partial charge >= 0.3 is 0 Å². The minimum Gasteiger partial charge on any atom is -0.374 e. The molecule has 0 saturated heterocycles. The molecule has 2 aromatic rings. The molecule has 3 rings (SSSR count). The number of benzene rings is 1. The fraction of sp³-hybridized carbons (Fsp3) is 0.444. The molecule has 0 atom stereocenters. The molecule has 0 spiro atoms. The average molecular weight is 313 g/mol. The van der Waals surface area contributed by atoms with E-state index in [1.54, 1.807) is 23.1 Å². The Morgan fingerprint density at radius 1 is 1.26 bits per heavy atom. The minimum atomic E-state index is -0.0842. The predicted molar refractivity (Wildman–Crippen MR) is 89.0 cm³/mol. The maximum atomic E-state index is 12.0. The van der Waals surface area contributed by atoms with Gasteiger partial charge in [0, 0.05) is 18.1 Å². The van der Waals surface area contributed by atoms with Gasteiger partial charge in [-0.05, 0) is 36.6 Å². The van der Waals surface area contributed by atoms with E-state index in [4.69, 9.17) is 4.74 Å². The van der Waals surface area contributed by atoms with Gasteiger partial charge < -0.3 is 10.1 Å². The first-order valence-electron chi connectivity index (χ1n) is 8.27. The molecule has 0 bridgehead atoms. The number of carbonyl (C=O) groups excluding carboxylic acids is 1. The molecule has 0 unspecified atom stereocenters. The van der Waals surface area contributed by atoms with E-state index in [2.05, 4.69) is 10.4 Å². The Bertz CT molecular complexity index is 619. The molecule has 1 aliphatic carbocycles. The molecule has 0 aliphatic heterocycles. The Hall–Kier alpha value is -2.14. The summed E-state index contributed by atoms with van der Waals surface area (Å²) in [5, 5.41) is 6.94. The quantitative estimate of drug-likeness (QED) is 0.889. The summed E-state index contributed by atoms with van der Waals surface area (Å²) < 4.78 is 7.59. The van der Waals surface area contributed by atoms with E-state index in [-0.39, 0.29) is 12.5 Å². The number of amides is 1. The van der Waals surface area contributed by atoms with E-state index < -0.39 is 0 Å². The van der Waals surface area contributed by atoms with Crippen LogP contribution >= 0.6 is 0 Å². The topological polar surface area (TPSA) is 56.2 Å². The van der Waals surface area contributed by atoms with Crippen molar-refractivity contribution in [2.45, 2.75) is 51.4 Å². The van der Waals surface area contributed by atoms with E-state index in [1.165, 1.54) is 32.1 Å². The first-order chi connectivity index (χ1) is 11.3. The summed E-state index contributed by atoms with van der Waals surface area (Å²) in [6.45, 7) is 0.823. The molecule has 1 saturated carbocycles. The summed E-state index contributed by atoms with van der Waals surface area (Å²) >= 11 is 0. The second-order valence-electron chi connectivity index (χ2n) is 6.02. The van der Waals surface area contributed by atoms with Crippen molar-refractivity contribution in [2.75, 3.05) is 5.32 Å². The highest BCUT2D eigenvalue weighted by atomic mass is 16.5. The second-order valence-corrected chi connectivity index (χ2v) is 6.02. The maximum absolute atomic E-state index is 12.0. The normalized spacial score (nSPS) is 15.5. The molecule has 1 fully saturated rings. The van der Waals surface area contributed by atoms with Gasteiger partial charge in [0.1, 0.15) is 6.54 Å². The number of hydrogen-bond donors (Lipinski definition) is 1. The number of carbonyl (C=O) groups is 1. The van der Waals surface area contributed by atoms with Gasteiger partial charge in [0.15, 0.2) is 0 Å². The molecule has 1 heterocycles. The van der Waals surface area contributed by atoms with Crippen molar-refractivity contribution < 1.29 is 9.53 Å². The third-order valence-electron chi connectivity index (χ3n) is 4.11. The van der Waals surface area contributed by atoms with Crippen LogP contribution in [0.25, 0.3) is 0 Å². The monoisotopic (exact) mass is 313 g/mol. The summed E-state index contributed by atoms with van der Waals surface area (Å²) in [7, 11) is 0. The van der Waals surface area contributed by atoms with Crippen LogP contribution < -0.4 is 5.32 Å². The van der Waals surface area contributed by atoms with Crippen LogP contribution in [0.3, 0.4) is 0 Å². The van der Waals surface area contributed by atoms with Crippen LogP contribution in [0.5, 0.6) is 0 Å². The number of hydrogen-bond acceptors (Lipinski definition) is 3. The van der Waals surface area contributed by atoms with E-state index in [1.807, 2.05) is 24.3 Å². The maximum Gasteiger partial charge on any atom is 0.246 e.